The minimum atomic E-state index is -0.0757. The third kappa shape index (κ3) is 3.38. The molecule has 9 heteroatoms. The number of likely N-dealkylation sites (N-methyl/N-ethyl adjacent to an activating group) is 1. The summed E-state index contributed by atoms with van der Waals surface area (Å²) in [7, 11) is 3.31. The van der Waals surface area contributed by atoms with Crippen LogP contribution in [0.4, 0.5) is 10.8 Å². The second kappa shape index (κ2) is 7.72. The Balaban J connectivity index is 1.74. The number of hydrogen-bond acceptors (Lipinski definition) is 7. The van der Waals surface area contributed by atoms with Gasteiger partial charge in [-0.25, -0.2) is 9.97 Å². The minimum Gasteiger partial charge on any atom is -0.383 e. The summed E-state index contributed by atoms with van der Waals surface area (Å²) in [6.07, 6.45) is 2.34. The van der Waals surface area contributed by atoms with Crippen molar-refractivity contribution in [3.63, 3.8) is 0 Å². The average molecular weight is 416 g/mol. The summed E-state index contributed by atoms with van der Waals surface area (Å²) in [5.74, 6) is 0.783. The van der Waals surface area contributed by atoms with Gasteiger partial charge in [-0.15, -0.1) is 11.3 Å². The van der Waals surface area contributed by atoms with Crippen LogP contribution in [0, 0.1) is 13.8 Å². The van der Waals surface area contributed by atoms with Gasteiger partial charge in [0.15, 0.2) is 0 Å². The van der Waals surface area contributed by atoms with Gasteiger partial charge in [0, 0.05) is 36.8 Å². The van der Waals surface area contributed by atoms with Crippen molar-refractivity contribution in [1.29, 1.82) is 0 Å². The van der Waals surface area contributed by atoms with Crippen molar-refractivity contribution >= 4 is 34.0 Å². The van der Waals surface area contributed by atoms with Gasteiger partial charge in [0.1, 0.15) is 23.7 Å². The zero-order chi connectivity index (χ0) is 20.7. The summed E-state index contributed by atoms with van der Waals surface area (Å²) in [5, 5.41) is 0.754. The summed E-state index contributed by atoms with van der Waals surface area (Å²) >= 11 is 1.54. The number of ether oxygens (including phenoxy) is 1. The largest absolute Gasteiger partial charge is 0.383 e. The number of fused-ring (bicyclic) bond motifs is 3. The van der Waals surface area contributed by atoms with Gasteiger partial charge in [-0.2, -0.15) is 0 Å². The van der Waals surface area contributed by atoms with Gasteiger partial charge < -0.3 is 14.5 Å². The Hall–Kier alpha value is -2.52. The van der Waals surface area contributed by atoms with Crippen molar-refractivity contribution in [3.8, 4) is 0 Å². The van der Waals surface area contributed by atoms with Crippen molar-refractivity contribution < 1.29 is 14.3 Å². The third-order valence-corrected chi connectivity index (χ3v) is 6.89. The number of aromatic nitrogens is 2. The Kier molecular flexibility index (Phi) is 5.26. The summed E-state index contributed by atoms with van der Waals surface area (Å²) in [6.45, 7) is 6.42. The Morgan fingerprint density at radius 3 is 2.76 bits per heavy atom. The van der Waals surface area contributed by atoms with Crippen molar-refractivity contribution in [1.82, 2.24) is 14.9 Å². The summed E-state index contributed by atoms with van der Waals surface area (Å²) < 4.78 is 5.19. The smallest absolute Gasteiger partial charge is 0.257 e. The van der Waals surface area contributed by atoms with Crippen LogP contribution in [0.15, 0.2) is 6.33 Å². The monoisotopic (exact) mass is 415 g/mol. The first kappa shape index (κ1) is 19.8. The van der Waals surface area contributed by atoms with E-state index in [9.17, 15) is 9.59 Å². The fourth-order valence-electron chi connectivity index (χ4n) is 3.90. The molecule has 0 spiro atoms. The molecule has 29 heavy (non-hydrogen) atoms. The quantitative estimate of drug-likeness (QED) is 0.758. The first-order valence-electron chi connectivity index (χ1n) is 9.64. The van der Waals surface area contributed by atoms with E-state index in [1.165, 1.54) is 4.90 Å². The fraction of sp³-hybridized carbons (Fsp3) is 0.500. The maximum absolute atomic E-state index is 13.1. The third-order valence-electron chi connectivity index (χ3n) is 5.65. The highest BCUT2D eigenvalue weighted by Gasteiger charge is 2.37. The van der Waals surface area contributed by atoms with Gasteiger partial charge in [0.25, 0.3) is 5.91 Å². The van der Waals surface area contributed by atoms with E-state index in [1.807, 2.05) is 13.8 Å². The molecule has 0 saturated heterocycles. The number of nitrogens with zero attached hydrogens (tertiary/aromatic N) is 5. The van der Waals surface area contributed by atoms with E-state index in [1.54, 1.807) is 36.7 Å². The molecule has 0 atom stereocenters. The number of carbonyl (C=O) groups excluding carboxylic acids is 2. The summed E-state index contributed by atoms with van der Waals surface area (Å²) in [5.41, 5.74) is 3.79. The van der Waals surface area contributed by atoms with Gasteiger partial charge in [0.05, 0.1) is 25.3 Å². The van der Waals surface area contributed by atoms with Crippen LogP contribution in [-0.4, -0.2) is 67.1 Å². The maximum Gasteiger partial charge on any atom is 0.257 e. The van der Waals surface area contributed by atoms with E-state index in [2.05, 4.69) is 14.9 Å². The molecular formula is C20H25N5O3S. The Morgan fingerprint density at radius 1 is 1.21 bits per heavy atom. The van der Waals surface area contributed by atoms with E-state index in [4.69, 9.17) is 4.74 Å². The highest BCUT2D eigenvalue weighted by Crippen LogP contribution is 2.42. The van der Waals surface area contributed by atoms with Crippen LogP contribution in [0.3, 0.4) is 0 Å². The second-order valence-corrected chi connectivity index (χ2v) is 8.55. The zero-order valence-corrected chi connectivity index (χ0v) is 18.0. The molecule has 0 unspecified atom stereocenters. The molecule has 0 fully saturated rings. The van der Waals surface area contributed by atoms with Gasteiger partial charge in [-0.05, 0) is 25.8 Å². The molecule has 4 heterocycles. The molecule has 0 bridgehead atoms. The molecule has 0 radical (unpaired) electrons. The van der Waals surface area contributed by atoms with E-state index in [0.29, 0.717) is 25.3 Å². The van der Waals surface area contributed by atoms with Gasteiger partial charge in [-0.1, -0.05) is 0 Å². The molecule has 0 N–H and O–H groups in total. The standard InChI is InChI=1S/C20H25N5O3S/c1-12-13(2)21-11-22-18(12)24-6-5-14-15(9-24)29-20-17(14)19(27)23(3)10-16(26)25(20)7-8-28-4/h11H,5-10H2,1-4H3. The van der Waals surface area contributed by atoms with Crippen LogP contribution in [0.2, 0.25) is 0 Å². The molecule has 0 aliphatic carbocycles. The number of hydrogen-bond donors (Lipinski definition) is 0. The van der Waals surface area contributed by atoms with Gasteiger partial charge in [0.2, 0.25) is 5.91 Å². The van der Waals surface area contributed by atoms with Crippen LogP contribution in [0.1, 0.15) is 32.1 Å². The van der Waals surface area contributed by atoms with Crippen LogP contribution in [-0.2, 0) is 22.5 Å². The molecule has 154 valence electrons. The van der Waals surface area contributed by atoms with E-state index in [-0.39, 0.29) is 18.4 Å². The number of rotatable bonds is 4. The normalized spacial score (nSPS) is 16.8. The van der Waals surface area contributed by atoms with Gasteiger partial charge >= 0.3 is 0 Å². The van der Waals surface area contributed by atoms with Gasteiger partial charge in [-0.3, -0.25) is 14.5 Å². The Labute approximate surface area is 174 Å². The molecular weight excluding hydrogens is 390 g/mol. The first-order chi connectivity index (χ1) is 13.9. The van der Waals surface area contributed by atoms with Crippen LogP contribution in [0.25, 0.3) is 0 Å². The minimum absolute atomic E-state index is 0.0747. The van der Waals surface area contributed by atoms with Crippen LogP contribution >= 0.6 is 11.3 Å². The SMILES string of the molecule is COCCN1C(=O)CN(C)C(=O)c2c1sc1c2CCN(c2ncnc(C)c2C)C1. The van der Waals surface area contributed by atoms with E-state index in [0.717, 1.165) is 45.5 Å². The number of carbonyl (C=O) groups is 2. The van der Waals surface area contributed by atoms with Crippen LogP contribution in [0.5, 0.6) is 0 Å². The molecule has 2 amide bonds. The molecule has 8 nitrogen and oxygen atoms in total. The maximum atomic E-state index is 13.1. The molecule has 2 aliphatic rings. The highest BCUT2D eigenvalue weighted by molar-refractivity contribution is 7.17. The highest BCUT2D eigenvalue weighted by atomic mass is 32.1. The molecule has 4 rings (SSSR count). The van der Waals surface area contributed by atoms with Crippen molar-refractivity contribution in [2.75, 3.05) is 50.2 Å². The lowest BCUT2D eigenvalue weighted by molar-refractivity contribution is -0.119. The second-order valence-electron chi connectivity index (χ2n) is 7.46. The Morgan fingerprint density at radius 2 is 2.00 bits per heavy atom. The molecule has 2 aromatic rings. The van der Waals surface area contributed by atoms with E-state index < -0.39 is 0 Å². The molecule has 2 aliphatic heterocycles. The van der Waals surface area contributed by atoms with E-state index >= 15 is 0 Å². The van der Waals surface area contributed by atoms with Crippen molar-refractivity contribution in [2.45, 2.75) is 26.8 Å². The zero-order valence-electron chi connectivity index (χ0n) is 17.2. The predicted molar refractivity (Wildman–Crippen MR) is 112 cm³/mol. The molecule has 0 aromatic carbocycles. The number of aryl methyl sites for hydroxylation is 1. The lowest BCUT2D eigenvalue weighted by Gasteiger charge is -2.29. The van der Waals surface area contributed by atoms with Crippen molar-refractivity contribution in [3.05, 3.63) is 33.6 Å². The Bertz CT molecular complexity index is 973. The molecule has 0 saturated carbocycles. The number of anilines is 2. The number of thiophene rings is 1. The van der Waals surface area contributed by atoms with Crippen molar-refractivity contribution in [2.24, 2.45) is 0 Å². The fourth-order valence-corrected chi connectivity index (χ4v) is 5.29. The predicted octanol–water partition coefficient (Wildman–Crippen LogP) is 1.78. The number of amides is 2. The summed E-state index contributed by atoms with van der Waals surface area (Å²) in [6, 6.07) is 0. The average Bonchev–Trinajstić information content (AvgIpc) is 3.04. The van der Waals surface area contributed by atoms with Crippen LogP contribution < -0.4 is 9.80 Å². The lowest BCUT2D eigenvalue weighted by atomic mass is 10.0. The summed E-state index contributed by atoms with van der Waals surface area (Å²) in [4.78, 5) is 41.2. The topological polar surface area (TPSA) is 78.9 Å². The lowest BCUT2D eigenvalue weighted by Crippen LogP contribution is -2.39. The number of methoxy groups -OCH3 is 1. The molecule has 2 aromatic heterocycles. The first-order valence-corrected chi connectivity index (χ1v) is 10.5.